The number of rotatable bonds is 3. The Morgan fingerprint density at radius 1 is 1.20 bits per heavy atom. The summed E-state index contributed by atoms with van der Waals surface area (Å²) in [5.74, 6) is -0.877. The highest BCUT2D eigenvalue weighted by atomic mass is 16.2. The van der Waals surface area contributed by atoms with E-state index in [9.17, 15) is 14.4 Å². The molecule has 1 aliphatic carbocycles. The average Bonchev–Trinajstić information content (AvgIpc) is 2.40. The largest absolute Gasteiger partial charge is 0.331 e. The maximum atomic E-state index is 12.8. The number of carbonyl (C=O) groups excluding carboxylic acids is 3. The zero-order chi connectivity index (χ0) is 14.9. The minimum atomic E-state index is -1.26. The first-order chi connectivity index (χ1) is 9.45. The number of imide groups is 2. The molecule has 0 radical (unpaired) electrons. The highest BCUT2D eigenvalue weighted by Crippen LogP contribution is 2.30. The number of barbiturate groups is 1. The summed E-state index contributed by atoms with van der Waals surface area (Å²) in [7, 11) is 3.41. The molecule has 1 aliphatic heterocycles. The lowest BCUT2D eigenvalue weighted by molar-refractivity contribution is -0.154. The lowest BCUT2D eigenvalue weighted by Crippen LogP contribution is -2.73. The van der Waals surface area contributed by atoms with E-state index in [4.69, 9.17) is 0 Å². The van der Waals surface area contributed by atoms with Crippen molar-refractivity contribution >= 4 is 17.8 Å². The quantitative estimate of drug-likeness (QED) is 0.787. The summed E-state index contributed by atoms with van der Waals surface area (Å²) in [6, 6.07) is -0.631. The van der Waals surface area contributed by atoms with E-state index in [0.717, 1.165) is 32.1 Å². The third-order valence-corrected chi connectivity index (χ3v) is 4.60. The molecule has 6 nitrogen and oxygen atoms in total. The van der Waals surface area contributed by atoms with E-state index in [0.29, 0.717) is 6.42 Å². The fraction of sp³-hybridized carbons (Fsp3) is 0.786. The second kappa shape index (κ2) is 5.52. The molecule has 1 atom stereocenters. The van der Waals surface area contributed by atoms with Crippen molar-refractivity contribution in [3.63, 3.8) is 0 Å². The van der Waals surface area contributed by atoms with Gasteiger partial charge in [-0.05, 0) is 33.4 Å². The van der Waals surface area contributed by atoms with E-state index >= 15 is 0 Å². The summed E-state index contributed by atoms with van der Waals surface area (Å²) in [4.78, 5) is 40.1. The third-order valence-electron chi connectivity index (χ3n) is 4.60. The zero-order valence-corrected chi connectivity index (χ0v) is 12.4. The summed E-state index contributed by atoms with van der Waals surface area (Å²) in [6.07, 6.45) is 5.21. The van der Waals surface area contributed by atoms with Crippen molar-refractivity contribution in [2.24, 2.45) is 0 Å². The van der Waals surface area contributed by atoms with Crippen molar-refractivity contribution in [3.8, 4) is 0 Å². The van der Waals surface area contributed by atoms with Crippen LogP contribution in [-0.2, 0) is 9.59 Å². The van der Waals surface area contributed by atoms with Crippen LogP contribution >= 0.6 is 0 Å². The van der Waals surface area contributed by atoms with E-state index in [1.54, 1.807) is 25.9 Å². The Morgan fingerprint density at radius 3 is 2.30 bits per heavy atom. The van der Waals surface area contributed by atoms with Gasteiger partial charge >= 0.3 is 6.03 Å². The monoisotopic (exact) mass is 281 g/mol. The van der Waals surface area contributed by atoms with Crippen molar-refractivity contribution in [2.75, 3.05) is 14.1 Å². The van der Waals surface area contributed by atoms with Gasteiger partial charge in [0, 0.05) is 6.04 Å². The number of carbonyl (C=O) groups is 3. The van der Waals surface area contributed by atoms with E-state index in [1.165, 1.54) is 4.90 Å². The predicted molar refractivity (Wildman–Crippen MR) is 74.0 cm³/mol. The van der Waals surface area contributed by atoms with Gasteiger partial charge in [-0.25, -0.2) is 4.79 Å². The Hall–Kier alpha value is -1.43. The first-order valence-corrected chi connectivity index (χ1v) is 7.31. The first-order valence-electron chi connectivity index (χ1n) is 7.31. The predicted octanol–water partition coefficient (Wildman–Crippen LogP) is 1.11. The lowest BCUT2D eigenvalue weighted by Gasteiger charge is -2.45. The SMILES string of the molecule is CCC1(N(C)C)C(=O)NC(=O)N(C2CCCCC2)C1=O. The van der Waals surface area contributed by atoms with Gasteiger partial charge in [-0.3, -0.25) is 24.7 Å². The van der Waals surface area contributed by atoms with Crippen molar-refractivity contribution in [1.29, 1.82) is 0 Å². The van der Waals surface area contributed by atoms with Gasteiger partial charge in [0.2, 0.25) is 0 Å². The molecular formula is C14H23N3O3. The molecule has 0 aromatic heterocycles. The molecule has 2 aliphatic rings. The number of urea groups is 1. The number of amides is 4. The molecule has 1 heterocycles. The molecule has 6 heteroatoms. The molecule has 20 heavy (non-hydrogen) atoms. The van der Waals surface area contributed by atoms with Gasteiger partial charge in [0.1, 0.15) is 0 Å². The Labute approximate surface area is 119 Å². The van der Waals surface area contributed by atoms with Crippen LogP contribution in [0.1, 0.15) is 45.4 Å². The normalized spacial score (nSPS) is 29.0. The Bertz CT molecular complexity index is 429. The topological polar surface area (TPSA) is 69.7 Å². The average molecular weight is 281 g/mol. The van der Waals surface area contributed by atoms with E-state index in [2.05, 4.69) is 5.32 Å². The molecule has 0 aromatic rings. The van der Waals surface area contributed by atoms with Crippen LogP contribution in [0.4, 0.5) is 4.79 Å². The Kier molecular flexibility index (Phi) is 4.13. The minimum absolute atomic E-state index is 0.0739. The molecule has 0 bridgehead atoms. The lowest BCUT2D eigenvalue weighted by atomic mass is 9.86. The van der Waals surface area contributed by atoms with Crippen molar-refractivity contribution < 1.29 is 14.4 Å². The highest BCUT2D eigenvalue weighted by Gasteiger charge is 2.55. The third kappa shape index (κ3) is 2.12. The van der Waals surface area contributed by atoms with Crippen LogP contribution < -0.4 is 5.32 Å². The highest BCUT2D eigenvalue weighted by molar-refractivity contribution is 6.22. The maximum Gasteiger partial charge on any atom is 0.331 e. The van der Waals surface area contributed by atoms with Gasteiger partial charge in [0.25, 0.3) is 11.8 Å². The molecule has 1 N–H and O–H groups in total. The van der Waals surface area contributed by atoms with Crippen molar-refractivity contribution in [1.82, 2.24) is 15.1 Å². The van der Waals surface area contributed by atoms with E-state index in [-0.39, 0.29) is 11.9 Å². The summed E-state index contributed by atoms with van der Waals surface area (Å²) in [5.41, 5.74) is -1.26. The number of nitrogens with zero attached hydrogens (tertiary/aromatic N) is 2. The van der Waals surface area contributed by atoms with Crippen LogP contribution in [0, 0.1) is 0 Å². The van der Waals surface area contributed by atoms with Crippen LogP contribution in [-0.4, -0.2) is 53.3 Å². The zero-order valence-electron chi connectivity index (χ0n) is 12.4. The summed E-state index contributed by atoms with van der Waals surface area (Å²) in [6.45, 7) is 1.80. The van der Waals surface area contributed by atoms with Crippen LogP contribution in [0.3, 0.4) is 0 Å². The molecule has 112 valence electrons. The molecule has 4 amide bonds. The second-order valence-corrected chi connectivity index (χ2v) is 5.83. The van der Waals surface area contributed by atoms with Gasteiger partial charge in [-0.15, -0.1) is 0 Å². The molecule has 0 spiro atoms. The summed E-state index contributed by atoms with van der Waals surface area (Å²) in [5, 5.41) is 2.37. The van der Waals surface area contributed by atoms with E-state index in [1.807, 2.05) is 0 Å². The molecule has 2 fully saturated rings. The standard InChI is InChI=1S/C14H23N3O3/c1-4-14(16(2)3)11(18)15-13(20)17(12(14)19)10-8-6-5-7-9-10/h10H,4-9H2,1-3H3,(H,15,18,20). The summed E-state index contributed by atoms with van der Waals surface area (Å²) >= 11 is 0. The van der Waals surface area contributed by atoms with Crippen molar-refractivity contribution in [2.45, 2.75) is 57.0 Å². The van der Waals surface area contributed by atoms with Crippen LogP contribution in [0.5, 0.6) is 0 Å². The summed E-state index contributed by atoms with van der Waals surface area (Å²) < 4.78 is 0. The molecule has 1 saturated carbocycles. The van der Waals surface area contributed by atoms with Gasteiger partial charge in [-0.2, -0.15) is 0 Å². The fourth-order valence-corrected chi connectivity index (χ4v) is 3.34. The molecule has 0 aromatic carbocycles. The number of nitrogens with one attached hydrogen (secondary N) is 1. The van der Waals surface area contributed by atoms with Gasteiger partial charge in [0.15, 0.2) is 5.54 Å². The van der Waals surface area contributed by atoms with Gasteiger partial charge in [-0.1, -0.05) is 26.2 Å². The first kappa shape index (κ1) is 15.0. The van der Waals surface area contributed by atoms with Gasteiger partial charge < -0.3 is 0 Å². The minimum Gasteiger partial charge on any atom is -0.288 e. The maximum absolute atomic E-state index is 12.8. The molecule has 1 saturated heterocycles. The number of hydrogen-bond acceptors (Lipinski definition) is 4. The van der Waals surface area contributed by atoms with E-state index < -0.39 is 17.5 Å². The van der Waals surface area contributed by atoms with Crippen LogP contribution in [0.25, 0.3) is 0 Å². The molecular weight excluding hydrogens is 258 g/mol. The second-order valence-electron chi connectivity index (χ2n) is 5.83. The van der Waals surface area contributed by atoms with Gasteiger partial charge in [0.05, 0.1) is 0 Å². The van der Waals surface area contributed by atoms with Crippen LogP contribution in [0.15, 0.2) is 0 Å². The number of likely N-dealkylation sites (N-methyl/N-ethyl adjacent to an activating group) is 1. The molecule has 2 rings (SSSR count). The Morgan fingerprint density at radius 2 is 1.80 bits per heavy atom. The Balaban J connectivity index is 2.35. The smallest absolute Gasteiger partial charge is 0.288 e. The fourth-order valence-electron chi connectivity index (χ4n) is 3.34. The van der Waals surface area contributed by atoms with Crippen LogP contribution in [0.2, 0.25) is 0 Å². The molecule has 1 unspecified atom stereocenters. The number of hydrogen-bond donors (Lipinski definition) is 1. The van der Waals surface area contributed by atoms with Crippen molar-refractivity contribution in [3.05, 3.63) is 0 Å².